The number of rotatable bonds is 1. The summed E-state index contributed by atoms with van der Waals surface area (Å²) in [4.78, 5) is 0.938. The number of nitrogens with zero attached hydrogens (tertiary/aromatic N) is 3. The molecule has 0 saturated carbocycles. The van der Waals surface area contributed by atoms with Crippen LogP contribution < -0.4 is 0 Å². The number of hydrogen-bond acceptors (Lipinski definition) is 3. The molecule has 0 fully saturated rings. The quantitative estimate of drug-likeness (QED) is 0.648. The van der Waals surface area contributed by atoms with Crippen LogP contribution >= 0.6 is 12.6 Å². The van der Waals surface area contributed by atoms with Gasteiger partial charge in [0.15, 0.2) is 0 Å². The van der Waals surface area contributed by atoms with E-state index in [1.54, 1.807) is 0 Å². The van der Waals surface area contributed by atoms with Gasteiger partial charge in [0.25, 0.3) is 0 Å². The van der Waals surface area contributed by atoms with Crippen LogP contribution in [-0.2, 0) is 0 Å². The largest absolute Gasteiger partial charge is 0.213 e. The third kappa shape index (κ3) is 1.47. The Labute approximate surface area is 98.1 Å². The zero-order valence-corrected chi connectivity index (χ0v) is 9.30. The number of thiol groups is 1. The monoisotopic (exact) mass is 227 g/mol. The Hall–Kier alpha value is -1.81. The predicted molar refractivity (Wildman–Crippen MR) is 66.1 cm³/mol. The van der Waals surface area contributed by atoms with Crippen molar-refractivity contribution in [2.75, 3.05) is 0 Å². The van der Waals surface area contributed by atoms with Crippen LogP contribution in [0.15, 0.2) is 53.4 Å². The molecule has 0 spiro atoms. The van der Waals surface area contributed by atoms with Crippen LogP contribution in [0.4, 0.5) is 0 Å². The molecule has 0 saturated heterocycles. The van der Waals surface area contributed by atoms with Gasteiger partial charge in [0, 0.05) is 4.90 Å². The van der Waals surface area contributed by atoms with Crippen molar-refractivity contribution in [2.45, 2.75) is 4.90 Å². The Morgan fingerprint density at radius 3 is 2.50 bits per heavy atom. The number of fused-ring (bicyclic) bond motifs is 1. The van der Waals surface area contributed by atoms with Gasteiger partial charge >= 0.3 is 0 Å². The van der Waals surface area contributed by atoms with Crippen LogP contribution in [0.1, 0.15) is 0 Å². The highest BCUT2D eigenvalue weighted by Gasteiger charge is 2.04. The van der Waals surface area contributed by atoms with E-state index < -0.39 is 0 Å². The van der Waals surface area contributed by atoms with E-state index >= 15 is 0 Å². The maximum absolute atomic E-state index is 4.26. The summed E-state index contributed by atoms with van der Waals surface area (Å²) in [7, 11) is 0. The lowest BCUT2D eigenvalue weighted by Crippen LogP contribution is -1.95. The molecule has 0 unspecified atom stereocenters. The number of para-hydroxylation sites is 1. The van der Waals surface area contributed by atoms with E-state index in [0.717, 1.165) is 21.6 Å². The Kier molecular flexibility index (Phi) is 2.15. The van der Waals surface area contributed by atoms with Gasteiger partial charge in [-0.25, -0.2) is 4.68 Å². The smallest absolute Gasteiger partial charge is 0.113 e. The molecule has 3 nitrogen and oxygen atoms in total. The topological polar surface area (TPSA) is 30.7 Å². The molecule has 0 bridgehead atoms. The van der Waals surface area contributed by atoms with Crippen LogP contribution in [0.5, 0.6) is 0 Å². The average molecular weight is 227 g/mol. The van der Waals surface area contributed by atoms with Crippen molar-refractivity contribution in [1.29, 1.82) is 0 Å². The molecule has 3 rings (SSSR count). The summed E-state index contributed by atoms with van der Waals surface area (Å²) in [6, 6.07) is 15.7. The van der Waals surface area contributed by atoms with Crippen LogP contribution in [0, 0.1) is 0 Å². The molecule has 78 valence electrons. The van der Waals surface area contributed by atoms with E-state index in [0.29, 0.717) is 0 Å². The fraction of sp³-hybridized carbons (Fsp3) is 0. The first-order valence-corrected chi connectivity index (χ1v) is 5.39. The summed E-state index contributed by atoms with van der Waals surface area (Å²) in [5.41, 5.74) is 2.90. The van der Waals surface area contributed by atoms with Crippen LogP contribution in [0.3, 0.4) is 0 Å². The molecule has 16 heavy (non-hydrogen) atoms. The molecule has 1 heterocycles. The molecule has 0 N–H and O–H groups in total. The lowest BCUT2D eigenvalue weighted by Gasteiger charge is -2.01. The average Bonchev–Trinajstić information content (AvgIpc) is 2.74. The first-order valence-electron chi connectivity index (χ1n) is 4.94. The molecule has 4 heteroatoms. The third-order valence-electron chi connectivity index (χ3n) is 2.45. The second-order valence-electron chi connectivity index (χ2n) is 3.51. The molecule has 0 aliphatic heterocycles. The zero-order chi connectivity index (χ0) is 11.0. The third-order valence-corrected chi connectivity index (χ3v) is 2.74. The second kappa shape index (κ2) is 3.64. The standard InChI is InChI=1S/C12H9N3S/c16-10-7-5-9(6-8-10)15-12-4-2-1-3-11(12)13-14-15/h1-8,16H. The fourth-order valence-corrected chi connectivity index (χ4v) is 1.80. The summed E-state index contributed by atoms with van der Waals surface area (Å²) in [6.45, 7) is 0. The number of hydrogen-bond donors (Lipinski definition) is 1. The Morgan fingerprint density at radius 1 is 0.938 bits per heavy atom. The van der Waals surface area contributed by atoms with Crippen molar-refractivity contribution in [1.82, 2.24) is 15.0 Å². The molecule has 0 amide bonds. The predicted octanol–water partition coefficient (Wildman–Crippen LogP) is 2.71. The Morgan fingerprint density at radius 2 is 1.69 bits per heavy atom. The highest BCUT2D eigenvalue weighted by Crippen LogP contribution is 2.17. The minimum Gasteiger partial charge on any atom is -0.213 e. The van der Waals surface area contributed by atoms with Gasteiger partial charge < -0.3 is 0 Å². The Balaban J connectivity index is 2.22. The van der Waals surface area contributed by atoms with E-state index in [4.69, 9.17) is 0 Å². The summed E-state index contributed by atoms with van der Waals surface area (Å²) in [5, 5.41) is 8.25. The molecule has 1 aromatic heterocycles. The van der Waals surface area contributed by atoms with Gasteiger partial charge in [0.05, 0.1) is 11.2 Å². The van der Waals surface area contributed by atoms with Crippen molar-refractivity contribution >= 4 is 23.7 Å². The van der Waals surface area contributed by atoms with Gasteiger partial charge in [0.1, 0.15) is 5.52 Å². The van der Waals surface area contributed by atoms with Gasteiger partial charge in [0.2, 0.25) is 0 Å². The van der Waals surface area contributed by atoms with E-state index in [2.05, 4.69) is 22.9 Å². The van der Waals surface area contributed by atoms with Crippen molar-refractivity contribution in [2.24, 2.45) is 0 Å². The van der Waals surface area contributed by atoms with Crippen molar-refractivity contribution in [3.63, 3.8) is 0 Å². The SMILES string of the molecule is Sc1ccc(-n2nnc3ccccc32)cc1. The number of benzene rings is 2. The first-order chi connectivity index (χ1) is 7.84. The van der Waals surface area contributed by atoms with Crippen molar-refractivity contribution in [3.8, 4) is 5.69 Å². The maximum Gasteiger partial charge on any atom is 0.113 e. The van der Waals surface area contributed by atoms with Gasteiger partial charge in [-0.3, -0.25) is 0 Å². The minimum atomic E-state index is 0.900. The second-order valence-corrected chi connectivity index (χ2v) is 4.02. The highest BCUT2D eigenvalue weighted by molar-refractivity contribution is 7.80. The van der Waals surface area contributed by atoms with Crippen molar-refractivity contribution < 1.29 is 0 Å². The van der Waals surface area contributed by atoms with E-state index in [1.165, 1.54) is 0 Å². The zero-order valence-electron chi connectivity index (χ0n) is 8.41. The van der Waals surface area contributed by atoms with Crippen LogP contribution in [0.2, 0.25) is 0 Å². The highest BCUT2D eigenvalue weighted by atomic mass is 32.1. The lowest BCUT2D eigenvalue weighted by atomic mass is 10.3. The lowest BCUT2D eigenvalue weighted by molar-refractivity contribution is 0.823. The molecular formula is C12H9N3S. The molecule has 0 atom stereocenters. The molecule has 0 aliphatic carbocycles. The van der Waals surface area contributed by atoms with E-state index in [-0.39, 0.29) is 0 Å². The van der Waals surface area contributed by atoms with Gasteiger partial charge in [-0.05, 0) is 36.4 Å². The van der Waals surface area contributed by atoms with Crippen LogP contribution in [0.25, 0.3) is 16.7 Å². The van der Waals surface area contributed by atoms with Crippen LogP contribution in [-0.4, -0.2) is 15.0 Å². The van der Waals surface area contributed by atoms with E-state index in [1.807, 2.05) is 53.2 Å². The number of aromatic nitrogens is 3. The normalized spacial score (nSPS) is 10.8. The summed E-state index contributed by atoms with van der Waals surface area (Å²) < 4.78 is 1.82. The van der Waals surface area contributed by atoms with Gasteiger partial charge in [-0.2, -0.15) is 0 Å². The summed E-state index contributed by atoms with van der Waals surface area (Å²) in [6.07, 6.45) is 0. The first kappa shape index (κ1) is 9.42. The molecule has 2 aromatic carbocycles. The molecule has 0 aliphatic rings. The molecule has 0 radical (unpaired) electrons. The fourth-order valence-electron chi connectivity index (χ4n) is 1.65. The summed E-state index contributed by atoms with van der Waals surface area (Å²) in [5.74, 6) is 0. The van der Waals surface area contributed by atoms with Gasteiger partial charge in [-0.15, -0.1) is 17.7 Å². The maximum atomic E-state index is 4.26. The Bertz CT molecular complexity index is 628. The molecular weight excluding hydrogens is 218 g/mol. The summed E-state index contributed by atoms with van der Waals surface area (Å²) >= 11 is 4.26. The van der Waals surface area contributed by atoms with Crippen molar-refractivity contribution in [3.05, 3.63) is 48.5 Å². The van der Waals surface area contributed by atoms with E-state index in [9.17, 15) is 0 Å². The minimum absolute atomic E-state index is 0.900. The molecule has 3 aromatic rings. The van der Waals surface area contributed by atoms with Gasteiger partial charge in [-0.1, -0.05) is 17.3 Å².